The van der Waals surface area contributed by atoms with E-state index in [1.165, 1.54) is 4.88 Å². The minimum absolute atomic E-state index is 0.154. The molecular weight excluding hydrogens is 336 g/mol. The molecule has 0 amide bonds. The molecule has 3 aromatic heterocycles. The first-order valence-electron chi connectivity index (χ1n) is 8.32. The summed E-state index contributed by atoms with van der Waals surface area (Å²) in [5, 5.41) is 5.27. The zero-order chi connectivity index (χ0) is 17.2. The van der Waals surface area contributed by atoms with Gasteiger partial charge in [-0.2, -0.15) is 5.10 Å². The van der Waals surface area contributed by atoms with E-state index in [0.717, 1.165) is 42.2 Å². The fourth-order valence-corrected chi connectivity index (χ4v) is 3.71. The van der Waals surface area contributed by atoms with Crippen LogP contribution in [0.15, 0.2) is 31.0 Å². The summed E-state index contributed by atoms with van der Waals surface area (Å²) in [5.41, 5.74) is 1.94. The summed E-state index contributed by atoms with van der Waals surface area (Å²) in [4.78, 5) is 16.7. The Morgan fingerprint density at radius 3 is 2.40 bits per heavy atom. The van der Waals surface area contributed by atoms with Gasteiger partial charge in [0.1, 0.15) is 6.10 Å². The molecule has 0 bridgehead atoms. The lowest BCUT2D eigenvalue weighted by Gasteiger charge is -2.31. The Morgan fingerprint density at radius 1 is 1.04 bits per heavy atom. The maximum absolute atomic E-state index is 5.95. The van der Waals surface area contributed by atoms with Crippen LogP contribution in [0.3, 0.4) is 0 Å². The van der Waals surface area contributed by atoms with Gasteiger partial charge in [0.15, 0.2) is 5.13 Å². The van der Waals surface area contributed by atoms with Crippen molar-refractivity contribution in [3.63, 3.8) is 0 Å². The minimum Gasteiger partial charge on any atom is -0.460 e. The molecule has 7 nitrogen and oxygen atoms in total. The van der Waals surface area contributed by atoms with Crippen LogP contribution in [0.1, 0.15) is 17.7 Å². The topological polar surface area (TPSA) is 69.0 Å². The van der Waals surface area contributed by atoms with E-state index < -0.39 is 0 Å². The highest BCUT2D eigenvalue weighted by Gasteiger charge is 2.23. The summed E-state index contributed by atoms with van der Waals surface area (Å²) >= 11 is 1.74. The van der Waals surface area contributed by atoms with E-state index in [9.17, 15) is 0 Å². The van der Waals surface area contributed by atoms with Crippen molar-refractivity contribution < 1.29 is 4.74 Å². The second-order valence-electron chi connectivity index (χ2n) is 6.21. The van der Waals surface area contributed by atoms with Crippen molar-refractivity contribution in [2.75, 3.05) is 18.0 Å². The lowest BCUT2D eigenvalue weighted by Crippen LogP contribution is -2.38. The van der Waals surface area contributed by atoms with Gasteiger partial charge in [-0.05, 0) is 6.92 Å². The maximum atomic E-state index is 5.95. The van der Waals surface area contributed by atoms with Gasteiger partial charge in [-0.15, -0.1) is 11.3 Å². The summed E-state index contributed by atoms with van der Waals surface area (Å²) in [7, 11) is 1.89. The quantitative estimate of drug-likeness (QED) is 0.716. The Labute approximate surface area is 150 Å². The van der Waals surface area contributed by atoms with Gasteiger partial charge in [0.05, 0.1) is 6.20 Å². The van der Waals surface area contributed by atoms with Crippen molar-refractivity contribution in [1.82, 2.24) is 24.7 Å². The molecule has 1 saturated heterocycles. The molecule has 0 spiro atoms. The molecule has 0 atom stereocenters. The van der Waals surface area contributed by atoms with Crippen LogP contribution in [0.2, 0.25) is 0 Å². The van der Waals surface area contributed by atoms with Crippen molar-refractivity contribution in [2.45, 2.75) is 25.9 Å². The summed E-state index contributed by atoms with van der Waals surface area (Å²) in [6.07, 6.45) is 11.3. The standard InChI is InChI=1S/C17H20N6OS/c1-12-7-20-17(25-12)23-5-3-15(4-6-23)24-16-18-8-13(9-19-16)14-10-21-22(2)11-14/h7-11,15H,3-6H2,1-2H3. The average Bonchev–Trinajstić information content (AvgIpc) is 3.25. The predicted molar refractivity (Wildman–Crippen MR) is 96.9 cm³/mol. The highest BCUT2D eigenvalue weighted by Crippen LogP contribution is 2.26. The Balaban J connectivity index is 1.34. The fourth-order valence-electron chi connectivity index (χ4n) is 2.90. The molecule has 8 heteroatoms. The van der Waals surface area contributed by atoms with Gasteiger partial charge < -0.3 is 9.64 Å². The molecule has 3 aromatic rings. The molecule has 4 rings (SSSR count). The van der Waals surface area contributed by atoms with E-state index in [4.69, 9.17) is 4.74 Å². The van der Waals surface area contributed by atoms with E-state index in [0.29, 0.717) is 6.01 Å². The number of piperidine rings is 1. The largest absolute Gasteiger partial charge is 0.460 e. The number of rotatable bonds is 4. The third-order valence-corrected chi connectivity index (χ3v) is 5.23. The van der Waals surface area contributed by atoms with Crippen LogP contribution in [0.4, 0.5) is 5.13 Å². The predicted octanol–water partition coefficient (Wildman–Crippen LogP) is 2.69. The number of ether oxygens (including phenoxy) is 1. The first kappa shape index (κ1) is 16.0. The van der Waals surface area contributed by atoms with Crippen LogP contribution >= 0.6 is 11.3 Å². The van der Waals surface area contributed by atoms with Gasteiger partial charge in [-0.3, -0.25) is 4.68 Å². The van der Waals surface area contributed by atoms with Gasteiger partial charge in [0.2, 0.25) is 0 Å². The third-order valence-electron chi connectivity index (χ3n) is 4.26. The second-order valence-corrected chi connectivity index (χ2v) is 7.43. The molecule has 0 aliphatic carbocycles. The molecule has 1 aliphatic rings. The average molecular weight is 356 g/mol. The monoisotopic (exact) mass is 356 g/mol. The van der Waals surface area contributed by atoms with E-state index in [-0.39, 0.29) is 6.10 Å². The Kier molecular flexibility index (Phi) is 4.35. The molecule has 0 radical (unpaired) electrons. The molecule has 1 fully saturated rings. The summed E-state index contributed by atoms with van der Waals surface area (Å²) in [6, 6.07) is 0.441. The Bertz CT molecular complexity index is 835. The maximum Gasteiger partial charge on any atom is 0.316 e. The molecule has 25 heavy (non-hydrogen) atoms. The van der Waals surface area contributed by atoms with Crippen LogP contribution in [0, 0.1) is 6.92 Å². The number of anilines is 1. The smallest absolute Gasteiger partial charge is 0.316 e. The van der Waals surface area contributed by atoms with Gasteiger partial charge >= 0.3 is 6.01 Å². The fraction of sp³-hybridized carbons (Fsp3) is 0.412. The third kappa shape index (κ3) is 3.63. The lowest BCUT2D eigenvalue weighted by molar-refractivity contribution is 0.156. The number of nitrogens with zero attached hydrogens (tertiary/aromatic N) is 6. The summed E-state index contributed by atoms with van der Waals surface area (Å²) in [6.45, 7) is 3.99. The van der Waals surface area contributed by atoms with Crippen LogP contribution in [-0.2, 0) is 7.05 Å². The number of thiazole rings is 1. The van der Waals surface area contributed by atoms with Crippen molar-refractivity contribution >= 4 is 16.5 Å². The van der Waals surface area contributed by atoms with E-state index in [2.05, 4.69) is 31.9 Å². The van der Waals surface area contributed by atoms with Crippen LogP contribution in [-0.4, -0.2) is 43.9 Å². The van der Waals surface area contributed by atoms with Crippen LogP contribution in [0.5, 0.6) is 6.01 Å². The Morgan fingerprint density at radius 2 is 1.80 bits per heavy atom. The minimum atomic E-state index is 0.154. The highest BCUT2D eigenvalue weighted by molar-refractivity contribution is 7.15. The highest BCUT2D eigenvalue weighted by atomic mass is 32.1. The van der Waals surface area contributed by atoms with Crippen molar-refractivity contribution in [2.24, 2.45) is 7.05 Å². The molecule has 0 N–H and O–H groups in total. The lowest BCUT2D eigenvalue weighted by atomic mass is 10.1. The van der Waals surface area contributed by atoms with Crippen molar-refractivity contribution in [3.05, 3.63) is 35.9 Å². The van der Waals surface area contributed by atoms with Crippen LogP contribution < -0.4 is 9.64 Å². The van der Waals surface area contributed by atoms with Crippen molar-refractivity contribution in [1.29, 1.82) is 0 Å². The first-order valence-corrected chi connectivity index (χ1v) is 9.14. The number of aryl methyl sites for hydroxylation is 2. The molecular formula is C17H20N6OS. The van der Waals surface area contributed by atoms with Gasteiger partial charge in [-0.1, -0.05) is 0 Å². The zero-order valence-electron chi connectivity index (χ0n) is 14.3. The van der Waals surface area contributed by atoms with Crippen molar-refractivity contribution in [3.8, 4) is 17.1 Å². The number of hydrogen-bond donors (Lipinski definition) is 0. The normalized spacial score (nSPS) is 15.5. The number of hydrogen-bond acceptors (Lipinski definition) is 7. The van der Waals surface area contributed by atoms with E-state index >= 15 is 0 Å². The molecule has 0 saturated carbocycles. The van der Waals surface area contributed by atoms with E-state index in [1.807, 2.05) is 19.4 Å². The molecule has 130 valence electrons. The summed E-state index contributed by atoms with van der Waals surface area (Å²) < 4.78 is 7.72. The van der Waals surface area contributed by atoms with Gasteiger partial charge in [0, 0.05) is 73.8 Å². The van der Waals surface area contributed by atoms with Crippen LogP contribution in [0.25, 0.3) is 11.1 Å². The second kappa shape index (κ2) is 6.79. The van der Waals surface area contributed by atoms with Gasteiger partial charge in [0.25, 0.3) is 0 Å². The summed E-state index contributed by atoms with van der Waals surface area (Å²) in [5.74, 6) is 0. The molecule has 0 unspecified atom stereocenters. The van der Waals surface area contributed by atoms with Gasteiger partial charge in [-0.25, -0.2) is 15.0 Å². The van der Waals surface area contributed by atoms with E-state index in [1.54, 1.807) is 34.6 Å². The SMILES string of the molecule is Cc1cnc(N2CCC(Oc3ncc(-c4cnn(C)c4)cn3)CC2)s1. The number of aromatic nitrogens is 5. The Hall–Kier alpha value is -2.48. The molecule has 1 aliphatic heterocycles. The molecule has 4 heterocycles. The zero-order valence-corrected chi connectivity index (χ0v) is 15.1. The molecule has 0 aromatic carbocycles. The first-order chi connectivity index (χ1) is 12.2.